The van der Waals surface area contributed by atoms with Gasteiger partial charge in [-0.1, -0.05) is 0 Å². The standard InChI is InChI=1S/C20H17F4N3O/c21-18-3-1-12-9-25-6-5-16(12)17(18)11-26-13-7-15(8-13)28-14-2-4-19(27-10-14)20(22,23)24/h1-6,9-10,13,15,26H,7-8,11H2/t13-,15-. The van der Waals surface area contributed by atoms with E-state index in [4.69, 9.17) is 4.74 Å². The van der Waals surface area contributed by atoms with E-state index < -0.39 is 11.9 Å². The Morgan fingerprint density at radius 2 is 1.89 bits per heavy atom. The minimum atomic E-state index is -4.46. The lowest BCUT2D eigenvalue weighted by atomic mass is 9.89. The lowest BCUT2D eigenvalue weighted by Gasteiger charge is -2.36. The maximum absolute atomic E-state index is 14.2. The molecule has 3 aromatic rings. The van der Waals surface area contributed by atoms with Crippen molar-refractivity contribution in [1.29, 1.82) is 0 Å². The van der Waals surface area contributed by atoms with Crippen molar-refractivity contribution in [1.82, 2.24) is 15.3 Å². The molecule has 0 unspecified atom stereocenters. The summed E-state index contributed by atoms with van der Waals surface area (Å²) in [7, 11) is 0. The van der Waals surface area contributed by atoms with Gasteiger partial charge in [0.2, 0.25) is 0 Å². The van der Waals surface area contributed by atoms with E-state index in [1.165, 1.54) is 12.1 Å². The smallest absolute Gasteiger partial charge is 0.433 e. The van der Waals surface area contributed by atoms with Crippen molar-refractivity contribution >= 4 is 10.8 Å². The first kappa shape index (κ1) is 18.6. The van der Waals surface area contributed by atoms with Gasteiger partial charge in [-0.25, -0.2) is 9.37 Å². The molecule has 28 heavy (non-hydrogen) atoms. The highest BCUT2D eigenvalue weighted by molar-refractivity contribution is 5.84. The van der Waals surface area contributed by atoms with E-state index >= 15 is 0 Å². The molecule has 0 amide bonds. The van der Waals surface area contributed by atoms with Gasteiger partial charge in [-0.3, -0.25) is 4.98 Å². The molecule has 0 saturated heterocycles. The van der Waals surface area contributed by atoms with E-state index in [1.54, 1.807) is 24.5 Å². The van der Waals surface area contributed by atoms with Crippen LogP contribution in [-0.4, -0.2) is 22.1 Å². The molecule has 2 heterocycles. The first-order chi connectivity index (χ1) is 13.4. The fourth-order valence-corrected chi connectivity index (χ4v) is 3.27. The number of ether oxygens (including phenoxy) is 1. The van der Waals surface area contributed by atoms with Crippen LogP contribution >= 0.6 is 0 Å². The van der Waals surface area contributed by atoms with Crippen molar-refractivity contribution in [2.75, 3.05) is 0 Å². The van der Waals surface area contributed by atoms with E-state index in [0.29, 0.717) is 30.7 Å². The van der Waals surface area contributed by atoms with Crippen molar-refractivity contribution < 1.29 is 22.3 Å². The summed E-state index contributed by atoms with van der Waals surface area (Å²) in [6.07, 6.45) is 1.24. The summed E-state index contributed by atoms with van der Waals surface area (Å²) >= 11 is 0. The Hall–Kier alpha value is -2.74. The first-order valence-corrected chi connectivity index (χ1v) is 8.84. The van der Waals surface area contributed by atoms with Crippen LogP contribution in [-0.2, 0) is 12.7 Å². The Morgan fingerprint density at radius 1 is 1.07 bits per heavy atom. The van der Waals surface area contributed by atoms with Gasteiger partial charge in [0.1, 0.15) is 23.4 Å². The van der Waals surface area contributed by atoms with Gasteiger partial charge >= 0.3 is 6.18 Å². The summed E-state index contributed by atoms with van der Waals surface area (Å²) in [4.78, 5) is 7.43. The maximum Gasteiger partial charge on any atom is 0.433 e. The predicted molar refractivity (Wildman–Crippen MR) is 95.2 cm³/mol. The van der Waals surface area contributed by atoms with Crippen LogP contribution in [0.4, 0.5) is 17.6 Å². The van der Waals surface area contributed by atoms with Gasteiger partial charge in [-0.05, 0) is 48.6 Å². The van der Waals surface area contributed by atoms with Crippen LogP contribution in [0.1, 0.15) is 24.1 Å². The van der Waals surface area contributed by atoms with E-state index in [-0.39, 0.29) is 18.0 Å². The molecular weight excluding hydrogens is 374 g/mol. The van der Waals surface area contributed by atoms with Crippen LogP contribution in [0.15, 0.2) is 48.9 Å². The van der Waals surface area contributed by atoms with Crippen LogP contribution in [0.5, 0.6) is 5.75 Å². The Bertz CT molecular complexity index is 969. The summed E-state index contributed by atoms with van der Waals surface area (Å²) in [5.74, 6) is 0.0400. The first-order valence-electron chi connectivity index (χ1n) is 8.84. The van der Waals surface area contributed by atoms with Crippen LogP contribution in [0, 0.1) is 5.82 Å². The lowest BCUT2D eigenvalue weighted by molar-refractivity contribution is -0.141. The van der Waals surface area contributed by atoms with Gasteiger partial charge in [0.15, 0.2) is 0 Å². The predicted octanol–water partition coefficient (Wildman–Crippen LogP) is 4.49. The third kappa shape index (κ3) is 3.91. The van der Waals surface area contributed by atoms with Gasteiger partial charge in [-0.2, -0.15) is 13.2 Å². The summed E-state index contributed by atoms with van der Waals surface area (Å²) in [5, 5.41) is 5.01. The monoisotopic (exact) mass is 391 g/mol. The zero-order valence-corrected chi connectivity index (χ0v) is 14.7. The number of hydrogen-bond donors (Lipinski definition) is 1. The topological polar surface area (TPSA) is 47.0 Å². The molecule has 4 rings (SSSR count). The second-order valence-corrected chi connectivity index (χ2v) is 6.79. The zero-order chi connectivity index (χ0) is 19.7. The Labute approximate surface area is 158 Å². The number of hydrogen-bond acceptors (Lipinski definition) is 4. The number of benzene rings is 1. The lowest BCUT2D eigenvalue weighted by Crippen LogP contribution is -2.46. The molecular formula is C20H17F4N3O. The quantitative estimate of drug-likeness (QED) is 0.651. The second kappa shape index (κ2) is 7.35. The molecule has 146 valence electrons. The highest BCUT2D eigenvalue weighted by Crippen LogP contribution is 2.30. The normalized spacial score (nSPS) is 19.4. The fourth-order valence-electron chi connectivity index (χ4n) is 3.27. The molecule has 1 aliphatic carbocycles. The third-order valence-corrected chi connectivity index (χ3v) is 4.87. The molecule has 8 heteroatoms. The molecule has 0 aliphatic heterocycles. The van der Waals surface area contributed by atoms with Gasteiger partial charge in [0.05, 0.1) is 6.20 Å². The number of nitrogens with one attached hydrogen (secondary N) is 1. The number of pyridine rings is 2. The number of fused-ring (bicyclic) bond motifs is 1. The Balaban J connectivity index is 1.30. The molecule has 0 radical (unpaired) electrons. The molecule has 0 atom stereocenters. The zero-order valence-electron chi connectivity index (χ0n) is 14.7. The van der Waals surface area contributed by atoms with Crippen molar-refractivity contribution in [2.45, 2.75) is 37.7 Å². The molecule has 1 N–H and O–H groups in total. The largest absolute Gasteiger partial charge is 0.489 e. The second-order valence-electron chi connectivity index (χ2n) is 6.79. The number of rotatable bonds is 5. The average molecular weight is 391 g/mol. The maximum atomic E-state index is 14.2. The number of aromatic nitrogens is 2. The molecule has 4 nitrogen and oxygen atoms in total. The molecule has 1 fully saturated rings. The Kier molecular flexibility index (Phi) is 4.89. The molecule has 1 aromatic carbocycles. The van der Waals surface area contributed by atoms with Gasteiger partial charge in [0.25, 0.3) is 0 Å². The fraction of sp³-hybridized carbons (Fsp3) is 0.300. The van der Waals surface area contributed by atoms with Crippen molar-refractivity contribution in [3.8, 4) is 5.75 Å². The van der Waals surface area contributed by atoms with Crippen LogP contribution in [0.2, 0.25) is 0 Å². The molecule has 2 aromatic heterocycles. The van der Waals surface area contributed by atoms with Gasteiger partial charge < -0.3 is 10.1 Å². The summed E-state index contributed by atoms with van der Waals surface area (Å²) in [6, 6.07) is 7.26. The van der Waals surface area contributed by atoms with Crippen molar-refractivity contribution in [3.05, 3.63) is 66.0 Å². The summed E-state index contributed by atoms with van der Waals surface area (Å²) in [6.45, 7) is 0.381. The van der Waals surface area contributed by atoms with E-state index in [2.05, 4.69) is 15.3 Å². The average Bonchev–Trinajstić information content (AvgIpc) is 2.64. The van der Waals surface area contributed by atoms with Crippen molar-refractivity contribution in [2.24, 2.45) is 0 Å². The highest BCUT2D eigenvalue weighted by Gasteiger charge is 2.33. The molecule has 1 saturated carbocycles. The van der Waals surface area contributed by atoms with Gasteiger partial charge in [0, 0.05) is 35.9 Å². The molecule has 0 spiro atoms. The van der Waals surface area contributed by atoms with Gasteiger partial charge in [-0.15, -0.1) is 0 Å². The third-order valence-electron chi connectivity index (χ3n) is 4.87. The van der Waals surface area contributed by atoms with E-state index in [0.717, 1.165) is 23.0 Å². The Morgan fingerprint density at radius 3 is 2.61 bits per heavy atom. The number of nitrogens with zero attached hydrogens (tertiary/aromatic N) is 2. The molecule has 1 aliphatic rings. The van der Waals surface area contributed by atoms with Crippen LogP contribution in [0.25, 0.3) is 10.8 Å². The summed E-state index contributed by atoms with van der Waals surface area (Å²) < 4.78 is 57.4. The highest BCUT2D eigenvalue weighted by atomic mass is 19.4. The van der Waals surface area contributed by atoms with Crippen molar-refractivity contribution in [3.63, 3.8) is 0 Å². The van der Waals surface area contributed by atoms with Crippen LogP contribution in [0.3, 0.4) is 0 Å². The number of halogens is 4. The molecule has 0 bridgehead atoms. The van der Waals surface area contributed by atoms with Crippen LogP contribution < -0.4 is 10.1 Å². The SMILES string of the molecule is Fc1ccc2cnccc2c1CN[C@H]1C[C@H](Oc2ccc(C(F)(F)F)nc2)C1. The van der Waals surface area contributed by atoms with E-state index in [9.17, 15) is 17.6 Å². The minimum Gasteiger partial charge on any atom is -0.489 e. The van der Waals surface area contributed by atoms with E-state index in [1.807, 2.05) is 0 Å². The minimum absolute atomic E-state index is 0.0994. The summed E-state index contributed by atoms with van der Waals surface area (Å²) in [5.41, 5.74) is -0.350. The number of alkyl halides is 3.